The first kappa shape index (κ1) is 12.4. The zero-order chi connectivity index (χ0) is 13.0. The van der Waals surface area contributed by atoms with Gasteiger partial charge in [0.25, 0.3) is 0 Å². The van der Waals surface area contributed by atoms with Crippen molar-refractivity contribution in [2.75, 3.05) is 0 Å². The molecule has 2 aromatic carbocycles. The summed E-state index contributed by atoms with van der Waals surface area (Å²) in [6, 6.07) is 13.7. The number of esters is 1. The van der Waals surface area contributed by atoms with Crippen LogP contribution in [0.2, 0.25) is 0 Å². The standard InChI is InChI=1S/C14H12BFO2/c15-11-6-7-12(13(16)8-11)14(17)18-9-10-4-2-1-3-5-10/h1-8H,9,15H2. The van der Waals surface area contributed by atoms with Crippen LogP contribution < -0.4 is 5.46 Å². The van der Waals surface area contributed by atoms with Crippen LogP contribution in [0.15, 0.2) is 48.5 Å². The Morgan fingerprint density at radius 1 is 1.17 bits per heavy atom. The Hall–Kier alpha value is -2.10. The van der Waals surface area contributed by atoms with Crippen molar-refractivity contribution in [3.05, 3.63) is 65.5 Å². The highest BCUT2D eigenvalue weighted by Crippen LogP contribution is 2.09. The molecule has 0 spiro atoms. The van der Waals surface area contributed by atoms with Crippen molar-refractivity contribution in [3.8, 4) is 0 Å². The van der Waals surface area contributed by atoms with E-state index in [0.717, 1.165) is 11.0 Å². The molecule has 2 rings (SSSR count). The minimum Gasteiger partial charge on any atom is -0.457 e. The average Bonchev–Trinajstić information content (AvgIpc) is 2.37. The van der Waals surface area contributed by atoms with Gasteiger partial charge >= 0.3 is 5.97 Å². The maximum Gasteiger partial charge on any atom is 0.341 e. The fourth-order valence-electron chi connectivity index (χ4n) is 1.59. The summed E-state index contributed by atoms with van der Waals surface area (Å²) in [5.41, 5.74) is 1.61. The van der Waals surface area contributed by atoms with E-state index >= 15 is 0 Å². The summed E-state index contributed by atoms with van der Waals surface area (Å²) in [6.45, 7) is 0.146. The molecule has 2 nitrogen and oxygen atoms in total. The maximum atomic E-state index is 13.5. The quantitative estimate of drug-likeness (QED) is 0.601. The van der Waals surface area contributed by atoms with Gasteiger partial charge < -0.3 is 4.74 Å². The lowest BCUT2D eigenvalue weighted by Gasteiger charge is -2.06. The lowest BCUT2D eigenvalue weighted by molar-refractivity contribution is 0.0467. The van der Waals surface area contributed by atoms with Gasteiger partial charge in [0, 0.05) is 0 Å². The Bertz CT molecular complexity index is 555. The average molecular weight is 242 g/mol. The third-order valence-corrected chi connectivity index (χ3v) is 2.56. The van der Waals surface area contributed by atoms with Crippen LogP contribution in [0.4, 0.5) is 4.39 Å². The number of hydrogen-bond donors (Lipinski definition) is 0. The minimum absolute atomic E-state index is 0.0310. The van der Waals surface area contributed by atoms with Crippen LogP contribution in [0.3, 0.4) is 0 Å². The first-order valence-corrected chi connectivity index (χ1v) is 5.64. The molecule has 0 bridgehead atoms. The second-order valence-electron chi connectivity index (χ2n) is 4.05. The van der Waals surface area contributed by atoms with Gasteiger partial charge in [0.15, 0.2) is 0 Å². The lowest BCUT2D eigenvalue weighted by Crippen LogP contribution is -2.11. The fourth-order valence-corrected chi connectivity index (χ4v) is 1.59. The minimum atomic E-state index is -0.642. The molecule has 0 atom stereocenters. The molecule has 0 saturated heterocycles. The lowest BCUT2D eigenvalue weighted by atomic mass is 9.95. The van der Waals surface area contributed by atoms with Gasteiger partial charge in [0.1, 0.15) is 20.3 Å². The predicted molar refractivity (Wildman–Crippen MR) is 70.1 cm³/mol. The number of benzene rings is 2. The van der Waals surface area contributed by atoms with E-state index in [1.807, 2.05) is 30.3 Å². The van der Waals surface area contributed by atoms with Crippen LogP contribution in [0.5, 0.6) is 0 Å². The molecule has 4 heteroatoms. The smallest absolute Gasteiger partial charge is 0.341 e. The highest BCUT2D eigenvalue weighted by molar-refractivity contribution is 6.32. The molecule has 0 aliphatic carbocycles. The van der Waals surface area contributed by atoms with Crippen molar-refractivity contribution in [3.63, 3.8) is 0 Å². The van der Waals surface area contributed by atoms with Gasteiger partial charge in [-0.3, -0.25) is 0 Å². The summed E-state index contributed by atoms with van der Waals surface area (Å²) >= 11 is 0. The van der Waals surface area contributed by atoms with E-state index in [4.69, 9.17) is 4.74 Å². The molecule has 0 unspecified atom stereocenters. The summed E-state index contributed by atoms with van der Waals surface area (Å²) in [5.74, 6) is -1.19. The van der Waals surface area contributed by atoms with Crippen molar-refractivity contribution in [2.45, 2.75) is 6.61 Å². The van der Waals surface area contributed by atoms with Crippen molar-refractivity contribution in [1.82, 2.24) is 0 Å². The first-order valence-electron chi connectivity index (χ1n) is 5.64. The van der Waals surface area contributed by atoms with Gasteiger partial charge in [-0.1, -0.05) is 41.9 Å². The summed E-state index contributed by atoms with van der Waals surface area (Å²) in [6.07, 6.45) is 0. The molecule has 0 radical (unpaired) electrons. The Morgan fingerprint density at radius 2 is 1.89 bits per heavy atom. The maximum absolute atomic E-state index is 13.5. The zero-order valence-electron chi connectivity index (χ0n) is 10.0. The fraction of sp³-hybridized carbons (Fsp3) is 0.0714. The number of ether oxygens (including phenoxy) is 1. The van der Waals surface area contributed by atoms with Crippen LogP contribution in [0, 0.1) is 5.82 Å². The molecule has 90 valence electrons. The molecular formula is C14H12BFO2. The van der Waals surface area contributed by atoms with Crippen molar-refractivity contribution in [2.24, 2.45) is 0 Å². The molecule has 0 fully saturated rings. The topological polar surface area (TPSA) is 26.3 Å². The SMILES string of the molecule is Bc1ccc(C(=O)OCc2ccccc2)c(F)c1. The highest BCUT2D eigenvalue weighted by atomic mass is 19.1. The van der Waals surface area contributed by atoms with Crippen LogP contribution >= 0.6 is 0 Å². The summed E-state index contributed by atoms with van der Waals surface area (Å²) in [7, 11) is 1.77. The monoisotopic (exact) mass is 242 g/mol. The van der Waals surface area contributed by atoms with Gasteiger partial charge in [0.2, 0.25) is 0 Å². The van der Waals surface area contributed by atoms with E-state index < -0.39 is 11.8 Å². The number of carbonyl (C=O) groups is 1. The Morgan fingerprint density at radius 3 is 2.56 bits per heavy atom. The van der Waals surface area contributed by atoms with Crippen molar-refractivity contribution >= 4 is 19.3 Å². The number of halogens is 1. The van der Waals surface area contributed by atoms with Gasteiger partial charge in [-0.15, -0.1) is 0 Å². The summed E-state index contributed by atoms with van der Waals surface area (Å²) in [5, 5.41) is 0. The third-order valence-electron chi connectivity index (χ3n) is 2.56. The van der Waals surface area contributed by atoms with Gasteiger partial charge in [-0.2, -0.15) is 0 Å². The predicted octanol–water partition coefficient (Wildman–Crippen LogP) is 1.44. The van der Waals surface area contributed by atoms with Gasteiger partial charge in [-0.05, 0) is 17.7 Å². The van der Waals surface area contributed by atoms with E-state index in [0.29, 0.717) is 0 Å². The molecular weight excluding hydrogens is 230 g/mol. The van der Waals surface area contributed by atoms with Crippen LogP contribution in [-0.4, -0.2) is 13.8 Å². The van der Waals surface area contributed by atoms with E-state index in [1.165, 1.54) is 12.1 Å². The molecule has 0 aliphatic heterocycles. The molecule has 0 aromatic heterocycles. The van der Waals surface area contributed by atoms with Gasteiger partial charge in [-0.25, -0.2) is 9.18 Å². The summed E-state index contributed by atoms with van der Waals surface area (Å²) < 4.78 is 18.6. The molecule has 0 saturated carbocycles. The molecule has 0 heterocycles. The van der Waals surface area contributed by atoms with Crippen molar-refractivity contribution in [1.29, 1.82) is 0 Å². The number of rotatable bonds is 3. The van der Waals surface area contributed by atoms with E-state index in [2.05, 4.69) is 0 Å². The largest absolute Gasteiger partial charge is 0.457 e. The highest BCUT2D eigenvalue weighted by Gasteiger charge is 2.12. The molecule has 0 N–H and O–H groups in total. The van der Waals surface area contributed by atoms with Gasteiger partial charge in [0.05, 0.1) is 5.56 Å². The van der Waals surface area contributed by atoms with Crippen LogP contribution in [0.25, 0.3) is 0 Å². The molecule has 2 aromatic rings. The second kappa shape index (κ2) is 5.49. The Labute approximate surface area is 106 Å². The summed E-state index contributed by atoms with van der Waals surface area (Å²) in [4.78, 5) is 11.7. The van der Waals surface area contributed by atoms with E-state index in [1.54, 1.807) is 13.9 Å². The Balaban J connectivity index is 2.04. The first-order chi connectivity index (χ1) is 8.66. The zero-order valence-corrected chi connectivity index (χ0v) is 10.0. The normalized spacial score (nSPS) is 10.1. The molecule has 18 heavy (non-hydrogen) atoms. The molecule has 0 amide bonds. The Kier molecular flexibility index (Phi) is 3.77. The molecule has 0 aliphatic rings. The number of carbonyl (C=O) groups excluding carboxylic acids is 1. The third kappa shape index (κ3) is 2.97. The van der Waals surface area contributed by atoms with Crippen LogP contribution in [0.1, 0.15) is 15.9 Å². The number of hydrogen-bond acceptors (Lipinski definition) is 2. The van der Waals surface area contributed by atoms with Crippen LogP contribution in [-0.2, 0) is 11.3 Å². The van der Waals surface area contributed by atoms with Crippen molar-refractivity contribution < 1.29 is 13.9 Å². The van der Waals surface area contributed by atoms with E-state index in [-0.39, 0.29) is 12.2 Å². The van der Waals surface area contributed by atoms with E-state index in [9.17, 15) is 9.18 Å². The second-order valence-corrected chi connectivity index (χ2v) is 4.05.